The van der Waals surface area contributed by atoms with Crippen molar-refractivity contribution in [1.82, 2.24) is 9.55 Å². The zero-order chi connectivity index (χ0) is 15.4. The van der Waals surface area contributed by atoms with Crippen molar-refractivity contribution in [3.63, 3.8) is 0 Å². The number of rotatable bonds is 7. The lowest BCUT2D eigenvalue weighted by Gasteiger charge is -2.09. The van der Waals surface area contributed by atoms with Gasteiger partial charge in [-0.15, -0.1) is 0 Å². The Hall–Kier alpha value is -1.88. The van der Waals surface area contributed by atoms with Gasteiger partial charge in [0.05, 0.1) is 16.6 Å². The summed E-state index contributed by atoms with van der Waals surface area (Å²) in [6.07, 6.45) is 0.885. The average molecular weight is 290 g/mol. The largest absolute Gasteiger partial charge is 0.478 e. The van der Waals surface area contributed by atoms with Crippen LogP contribution < -0.4 is 0 Å². The fourth-order valence-electron chi connectivity index (χ4n) is 2.30. The third-order valence-electron chi connectivity index (χ3n) is 3.31. The number of nitrogens with zero attached hydrogens (tertiary/aromatic N) is 2. The maximum Gasteiger partial charge on any atom is 0.335 e. The molecule has 0 aliphatic rings. The van der Waals surface area contributed by atoms with E-state index in [1.54, 1.807) is 18.2 Å². The lowest BCUT2D eigenvalue weighted by molar-refractivity contribution is 0.0697. The number of hydrogen-bond acceptors (Lipinski definition) is 3. The number of imidazole rings is 1. The number of carbonyl (C=O) groups is 1. The van der Waals surface area contributed by atoms with Crippen LogP contribution in [-0.2, 0) is 11.3 Å². The number of aromatic carboxylic acids is 1. The van der Waals surface area contributed by atoms with Crippen LogP contribution in [-0.4, -0.2) is 33.8 Å². The Morgan fingerprint density at radius 2 is 2.19 bits per heavy atom. The molecule has 0 fully saturated rings. The highest BCUT2D eigenvalue weighted by Gasteiger charge is 2.10. The molecule has 0 bridgehead atoms. The van der Waals surface area contributed by atoms with Gasteiger partial charge < -0.3 is 14.4 Å². The van der Waals surface area contributed by atoms with Gasteiger partial charge in [-0.3, -0.25) is 0 Å². The van der Waals surface area contributed by atoms with Crippen LogP contribution in [0.3, 0.4) is 0 Å². The molecule has 1 heterocycles. The standard InChI is InChI=1S/C16H22N2O3/c1-11(2)10-21-8-4-7-18-12(3)17-14-6-5-13(16(19)20)9-15(14)18/h5-6,9,11H,4,7-8,10H2,1-3H3,(H,19,20). The lowest BCUT2D eigenvalue weighted by Crippen LogP contribution is -2.07. The van der Waals surface area contributed by atoms with Crippen molar-refractivity contribution in [3.05, 3.63) is 29.6 Å². The van der Waals surface area contributed by atoms with E-state index < -0.39 is 5.97 Å². The summed E-state index contributed by atoms with van der Waals surface area (Å²) in [4.78, 5) is 15.5. The fraction of sp³-hybridized carbons (Fsp3) is 0.500. The van der Waals surface area contributed by atoms with Gasteiger partial charge in [-0.05, 0) is 37.5 Å². The van der Waals surface area contributed by atoms with E-state index in [-0.39, 0.29) is 0 Å². The molecule has 0 unspecified atom stereocenters. The van der Waals surface area contributed by atoms with Crippen molar-refractivity contribution in [2.45, 2.75) is 33.7 Å². The van der Waals surface area contributed by atoms with Crippen LogP contribution in [0.1, 0.15) is 36.5 Å². The summed E-state index contributed by atoms with van der Waals surface area (Å²) >= 11 is 0. The predicted octanol–water partition coefficient (Wildman–Crippen LogP) is 3.11. The summed E-state index contributed by atoms with van der Waals surface area (Å²) in [5.74, 6) is 0.526. The highest BCUT2D eigenvalue weighted by Crippen LogP contribution is 2.18. The molecular weight excluding hydrogens is 268 g/mol. The summed E-state index contributed by atoms with van der Waals surface area (Å²) in [7, 11) is 0. The van der Waals surface area contributed by atoms with Crippen LogP contribution in [0.2, 0.25) is 0 Å². The van der Waals surface area contributed by atoms with Gasteiger partial charge in [-0.1, -0.05) is 13.8 Å². The molecule has 0 aliphatic heterocycles. The van der Waals surface area contributed by atoms with Crippen molar-refractivity contribution < 1.29 is 14.6 Å². The van der Waals surface area contributed by atoms with Crippen molar-refractivity contribution >= 4 is 17.0 Å². The van der Waals surface area contributed by atoms with Crippen LogP contribution in [0.25, 0.3) is 11.0 Å². The van der Waals surface area contributed by atoms with Gasteiger partial charge in [0.25, 0.3) is 0 Å². The van der Waals surface area contributed by atoms with Gasteiger partial charge in [-0.25, -0.2) is 9.78 Å². The van der Waals surface area contributed by atoms with Crippen LogP contribution in [0.5, 0.6) is 0 Å². The molecule has 0 atom stereocenters. The highest BCUT2D eigenvalue weighted by atomic mass is 16.5. The number of aryl methyl sites for hydroxylation is 2. The van der Waals surface area contributed by atoms with Crippen molar-refractivity contribution in [2.75, 3.05) is 13.2 Å². The first-order valence-corrected chi connectivity index (χ1v) is 7.27. The molecule has 114 valence electrons. The predicted molar refractivity (Wildman–Crippen MR) is 81.7 cm³/mol. The van der Waals surface area contributed by atoms with Crippen LogP contribution in [0, 0.1) is 12.8 Å². The zero-order valence-corrected chi connectivity index (χ0v) is 12.8. The second kappa shape index (κ2) is 6.72. The molecule has 0 saturated heterocycles. The van der Waals surface area contributed by atoms with Gasteiger partial charge in [0.1, 0.15) is 5.82 Å². The number of carboxylic acid groups (broad SMARTS) is 1. The maximum absolute atomic E-state index is 11.1. The molecule has 1 aromatic heterocycles. The van der Waals surface area contributed by atoms with Crippen molar-refractivity contribution in [2.24, 2.45) is 5.92 Å². The average Bonchev–Trinajstić information content (AvgIpc) is 2.73. The second-order valence-electron chi connectivity index (χ2n) is 5.64. The number of fused-ring (bicyclic) bond motifs is 1. The Kier molecular flexibility index (Phi) is 4.96. The summed E-state index contributed by atoms with van der Waals surface area (Å²) < 4.78 is 7.64. The molecule has 2 aromatic rings. The van der Waals surface area contributed by atoms with E-state index in [2.05, 4.69) is 23.4 Å². The van der Waals surface area contributed by atoms with Gasteiger partial charge in [-0.2, -0.15) is 0 Å². The first kappa shape index (κ1) is 15.5. The Labute approximate surface area is 124 Å². The normalized spacial score (nSPS) is 11.4. The monoisotopic (exact) mass is 290 g/mol. The molecule has 5 heteroatoms. The third kappa shape index (κ3) is 3.82. The number of ether oxygens (including phenoxy) is 1. The smallest absolute Gasteiger partial charge is 0.335 e. The Bertz CT molecular complexity index is 632. The summed E-state index contributed by atoms with van der Waals surface area (Å²) in [5, 5.41) is 9.09. The molecular formula is C16H22N2O3. The zero-order valence-electron chi connectivity index (χ0n) is 12.8. The molecule has 5 nitrogen and oxygen atoms in total. The van der Waals surface area contributed by atoms with Gasteiger partial charge in [0.2, 0.25) is 0 Å². The number of aromatic nitrogens is 2. The van der Waals surface area contributed by atoms with Crippen LogP contribution in [0.15, 0.2) is 18.2 Å². The number of benzene rings is 1. The molecule has 0 radical (unpaired) electrons. The van der Waals surface area contributed by atoms with E-state index in [1.165, 1.54) is 0 Å². The van der Waals surface area contributed by atoms with Gasteiger partial charge in [0, 0.05) is 19.8 Å². The molecule has 0 aliphatic carbocycles. The minimum absolute atomic E-state index is 0.291. The van der Waals surface area contributed by atoms with E-state index >= 15 is 0 Å². The molecule has 0 amide bonds. The van der Waals surface area contributed by atoms with Crippen molar-refractivity contribution in [1.29, 1.82) is 0 Å². The summed E-state index contributed by atoms with van der Waals surface area (Å²) in [6.45, 7) is 8.45. The first-order chi connectivity index (χ1) is 9.99. The Morgan fingerprint density at radius 3 is 2.86 bits per heavy atom. The minimum Gasteiger partial charge on any atom is -0.478 e. The Morgan fingerprint density at radius 1 is 1.43 bits per heavy atom. The fourth-order valence-corrected chi connectivity index (χ4v) is 2.30. The van der Waals surface area contributed by atoms with E-state index in [4.69, 9.17) is 9.84 Å². The minimum atomic E-state index is -0.914. The molecule has 2 rings (SSSR count). The Balaban J connectivity index is 2.09. The molecule has 0 saturated carbocycles. The summed E-state index contributed by atoms with van der Waals surface area (Å²) in [6, 6.07) is 5.04. The van der Waals surface area contributed by atoms with E-state index in [9.17, 15) is 4.79 Å². The third-order valence-corrected chi connectivity index (χ3v) is 3.31. The molecule has 1 aromatic carbocycles. The summed E-state index contributed by atoms with van der Waals surface area (Å²) in [5.41, 5.74) is 2.00. The lowest BCUT2D eigenvalue weighted by atomic mass is 10.2. The quantitative estimate of drug-likeness (QED) is 0.796. The topological polar surface area (TPSA) is 64.3 Å². The molecule has 1 N–H and O–H groups in total. The molecule has 0 spiro atoms. The van der Waals surface area contributed by atoms with Crippen LogP contribution in [0.4, 0.5) is 0 Å². The highest BCUT2D eigenvalue weighted by molar-refractivity contribution is 5.92. The van der Waals surface area contributed by atoms with E-state index in [0.717, 1.165) is 36.4 Å². The van der Waals surface area contributed by atoms with Crippen LogP contribution >= 0.6 is 0 Å². The SMILES string of the molecule is Cc1nc2ccc(C(=O)O)cc2n1CCCOCC(C)C. The first-order valence-electron chi connectivity index (χ1n) is 7.27. The van der Waals surface area contributed by atoms with E-state index in [1.807, 2.05) is 6.92 Å². The molecule has 21 heavy (non-hydrogen) atoms. The maximum atomic E-state index is 11.1. The van der Waals surface area contributed by atoms with Gasteiger partial charge >= 0.3 is 5.97 Å². The second-order valence-corrected chi connectivity index (χ2v) is 5.64. The van der Waals surface area contributed by atoms with Gasteiger partial charge in [0.15, 0.2) is 0 Å². The van der Waals surface area contributed by atoms with Crippen molar-refractivity contribution in [3.8, 4) is 0 Å². The number of carboxylic acids is 1. The number of hydrogen-bond donors (Lipinski definition) is 1. The van der Waals surface area contributed by atoms with E-state index in [0.29, 0.717) is 18.1 Å².